The minimum Gasteiger partial charge on any atom is -0.477 e. The van der Waals surface area contributed by atoms with Crippen LogP contribution in [0.1, 0.15) is 194 Å². The second-order valence-electron chi connectivity index (χ2n) is 16.6. The molecule has 57 heavy (non-hydrogen) atoms. The first-order chi connectivity index (χ1) is 27.6. The molecule has 0 aromatic heterocycles. The normalized spacial score (nSPS) is 13.4. The molecule has 0 aromatic rings. The Morgan fingerprint density at radius 2 is 0.982 bits per heavy atom. The fourth-order valence-corrected chi connectivity index (χ4v) is 6.67. The molecule has 0 bridgehead atoms. The molecule has 1 N–H and O–H groups in total. The standard InChI is InChI=1S/C49H87NO7/c1-6-8-10-12-14-16-18-20-21-22-23-24-25-26-28-29-31-33-35-37-39-47(51)56-44-45(43-55-42-41-46(49(53)54)50(3,4)5)57-48(52)40-38-36-34-32-30-27-19-17-15-13-11-9-7-2/h8,10,14,16,20-21,23-24,45-46H,6-7,9,11-13,15,17-19,22,25-44H2,1-5H3/p+1/b10-8+,16-14+,21-20+,24-23+. The number of aliphatic carboxylic acids is 1. The largest absolute Gasteiger partial charge is 0.477 e. The van der Waals surface area contributed by atoms with E-state index in [1.807, 2.05) is 21.1 Å². The van der Waals surface area contributed by atoms with Gasteiger partial charge in [0.05, 0.1) is 34.4 Å². The highest BCUT2D eigenvalue weighted by atomic mass is 16.6. The van der Waals surface area contributed by atoms with Gasteiger partial charge in [0, 0.05) is 19.3 Å². The zero-order valence-corrected chi connectivity index (χ0v) is 37.5. The fourth-order valence-electron chi connectivity index (χ4n) is 6.67. The summed E-state index contributed by atoms with van der Waals surface area (Å²) in [5, 5.41) is 9.62. The van der Waals surface area contributed by atoms with Crippen molar-refractivity contribution in [2.24, 2.45) is 0 Å². The first-order valence-electron chi connectivity index (χ1n) is 23.2. The number of esters is 2. The summed E-state index contributed by atoms with van der Waals surface area (Å²) in [4.78, 5) is 37.0. The number of carbonyl (C=O) groups is 3. The van der Waals surface area contributed by atoms with Crippen molar-refractivity contribution in [2.75, 3.05) is 41.0 Å². The number of quaternary nitrogens is 1. The van der Waals surface area contributed by atoms with E-state index in [1.165, 1.54) is 89.9 Å². The van der Waals surface area contributed by atoms with Crippen molar-refractivity contribution in [3.63, 3.8) is 0 Å². The smallest absolute Gasteiger partial charge is 0.362 e. The van der Waals surface area contributed by atoms with Gasteiger partial charge in [-0.2, -0.15) is 0 Å². The Hall–Kier alpha value is -2.71. The maximum absolute atomic E-state index is 12.7. The first kappa shape index (κ1) is 54.3. The van der Waals surface area contributed by atoms with Crippen LogP contribution < -0.4 is 0 Å². The molecule has 0 aliphatic rings. The predicted octanol–water partition coefficient (Wildman–Crippen LogP) is 12.8. The number of allylic oxidation sites excluding steroid dienone is 8. The Morgan fingerprint density at radius 3 is 1.46 bits per heavy atom. The van der Waals surface area contributed by atoms with Crippen LogP contribution in [0.25, 0.3) is 0 Å². The second kappa shape index (κ2) is 40.1. The lowest BCUT2D eigenvalue weighted by Crippen LogP contribution is -2.50. The van der Waals surface area contributed by atoms with Crippen LogP contribution in [0.3, 0.4) is 0 Å². The number of rotatable bonds is 41. The Labute approximate surface area is 350 Å². The Balaban J connectivity index is 4.29. The molecule has 0 rings (SSSR count). The van der Waals surface area contributed by atoms with Gasteiger partial charge in [-0.3, -0.25) is 9.59 Å². The van der Waals surface area contributed by atoms with Gasteiger partial charge in [-0.25, -0.2) is 4.79 Å². The van der Waals surface area contributed by atoms with Crippen LogP contribution in [0, 0.1) is 0 Å². The average molecular weight is 803 g/mol. The highest BCUT2D eigenvalue weighted by molar-refractivity contribution is 5.72. The van der Waals surface area contributed by atoms with Gasteiger partial charge in [-0.05, 0) is 51.4 Å². The number of carboxylic acid groups (broad SMARTS) is 1. The van der Waals surface area contributed by atoms with Crippen LogP contribution in [0.15, 0.2) is 48.6 Å². The highest BCUT2D eigenvalue weighted by Gasteiger charge is 2.31. The topological polar surface area (TPSA) is 99.1 Å². The number of likely N-dealkylation sites (N-methyl/N-ethyl adjacent to an activating group) is 1. The van der Waals surface area contributed by atoms with Crippen molar-refractivity contribution in [3.8, 4) is 0 Å². The van der Waals surface area contributed by atoms with E-state index < -0.39 is 18.1 Å². The van der Waals surface area contributed by atoms with Crippen molar-refractivity contribution in [1.29, 1.82) is 0 Å². The number of hydrogen-bond acceptors (Lipinski definition) is 6. The van der Waals surface area contributed by atoms with Crippen molar-refractivity contribution in [3.05, 3.63) is 48.6 Å². The van der Waals surface area contributed by atoms with E-state index in [1.54, 1.807) is 0 Å². The first-order valence-corrected chi connectivity index (χ1v) is 23.2. The van der Waals surface area contributed by atoms with Crippen molar-refractivity contribution < 1.29 is 38.2 Å². The molecule has 2 atom stereocenters. The number of ether oxygens (including phenoxy) is 3. The maximum Gasteiger partial charge on any atom is 0.362 e. The van der Waals surface area contributed by atoms with E-state index in [-0.39, 0.29) is 36.2 Å². The molecular formula is C49H88NO7+. The number of nitrogens with zero attached hydrogens (tertiary/aromatic N) is 1. The van der Waals surface area contributed by atoms with Crippen molar-refractivity contribution >= 4 is 17.9 Å². The molecule has 0 aromatic carbocycles. The SMILES string of the molecule is CC/C=C/C/C=C/C/C=C/C/C=C/CCCCCCCCCC(=O)OCC(COCCC(C(=O)O)[N+](C)(C)C)OC(=O)CCCCCCCCCCCCCCC. The number of hydrogen-bond donors (Lipinski definition) is 1. The van der Waals surface area contributed by atoms with Gasteiger partial charge in [0.25, 0.3) is 0 Å². The van der Waals surface area contributed by atoms with E-state index in [2.05, 4.69) is 62.5 Å². The molecule has 2 unspecified atom stereocenters. The number of carbonyl (C=O) groups excluding carboxylic acids is 2. The predicted molar refractivity (Wildman–Crippen MR) is 238 cm³/mol. The molecule has 0 aliphatic carbocycles. The van der Waals surface area contributed by atoms with E-state index in [0.29, 0.717) is 19.3 Å². The lowest BCUT2D eigenvalue weighted by Gasteiger charge is -2.31. The van der Waals surface area contributed by atoms with Gasteiger partial charge in [0.15, 0.2) is 12.1 Å². The zero-order valence-electron chi connectivity index (χ0n) is 37.5. The van der Waals surface area contributed by atoms with Gasteiger partial charge in [-0.15, -0.1) is 0 Å². The lowest BCUT2D eigenvalue weighted by atomic mass is 10.0. The summed E-state index contributed by atoms with van der Waals surface area (Å²) in [5.41, 5.74) is 0. The van der Waals surface area contributed by atoms with Crippen LogP contribution in [-0.2, 0) is 28.6 Å². The summed E-state index contributed by atoms with van der Waals surface area (Å²) in [5.74, 6) is -1.48. The Kier molecular flexibility index (Phi) is 38.2. The quantitative estimate of drug-likeness (QED) is 0.0284. The molecule has 0 saturated heterocycles. The van der Waals surface area contributed by atoms with Crippen LogP contribution in [-0.4, -0.2) is 80.6 Å². The molecule has 0 spiro atoms. The second-order valence-corrected chi connectivity index (χ2v) is 16.6. The van der Waals surface area contributed by atoms with Crippen LogP contribution in [0.4, 0.5) is 0 Å². The molecule has 0 heterocycles. The van der Waals surface area contributed by atoms with Gasteiger partial charge >= 0.3 is 17.9 Å². The fraction of sp³-hybridized carbons (Fsp3) is 0.776. The molecule has 8 nitrogen and oxygen atoms in total. The third-order valence-corrected chi connectivity index (χ3v) is 10.2. The van der Waals surface area contributed by atoms with Crippen molar-refractivity contribution in [2.45, 2.75) is 206 Å². The third kappa shape index (κ3) is 38.6. The van der Waals surface area contributed by atoms with Crippen molar-refractivity contribution in [1.82, 2.24) is 0 Å². The molecule has 0 saturated carbocycles. The minimum atomic E-state index is -0.876. The average Bonchev–Trinajstić information content (AvgIpc) is 3.17. The third-order valence-electron chi connectivity index (χ3n) is 10.2. The van der Waals surface area contributed by atoms with Gasteiger partial charge < -0.3 is 23.8 Å². The van der Waals surface area contributed by atoms with Crippen LogP contribution in [0.5, 0.6) is 0 Å². The molecular weight excluding hydrogens is 715 g/mol. The lowest BCUT2D eigenvalue weighted by molar-refractivity contribution is -0.887. The van der Waals surface area contributed by atoms with Crippen LogP contribution >= 0.6 is 0 Å². The van der Waals surface area contributed by atoms with E-state index in [9.17, 15) is 19.5 Å². The summed E-state index contributed by atoms with van der Waals surface area (Å²) in [6.45, 7) is 4.62. The summed E-state index contributed by atoms with van der Waals surface area (Å²) >= 11 is 0. The van der Waals surface area contributed by atoms with E-state index in [0.717, 1.165) is 70.6 Å². The van der Waals surface area contributed by atoms with Gasteiger partial charge in [-0.1, -0.05) is 172 Å². The Bertz CT molecular complexity index is 1070. The molecule has 0 radical (unpaired) electrons. The Morgan fingerprint density at radius 1 is 0.544 bits per heavy atom. The monoisotopic (exact) mass is 803 g/mol. The summed E-state index contributed by atoms with van der Waals surface area (Å²) in [7, 11) is 5.53. The molecule has 8 heteroatoms. The summed E-state index contributed by atoms with van der Waals surface area (Å²) in [6, 6.07) is -0.615. The number of unbranched alkanes of at least 4 members (excludes halogenated alkanes) is 19. The molecule has 0 fully saturated rings. The maximum atomic E-state index is 12.7. The summed E-state index contributed by atoms with van der Waals surface area (Å²) in [6.07, 6.45) is 47.2. The minimum absolute atomic E-state index is 0.0554. The molecule has 0 aliphatic heterocycles. The highest BCUT2D eigenvalue weighted by Crippen LogP contribution is 2.15. The summed E-state index contributed by atoms with van der Waals surface area (Å²) < 4.78 is 17.3. The number of carboxylic acids is 1. The van der Waals surface area contributed by atoms with Gasteiger partial charge in [0.2, 0.25) is 0 Å². The zero-order chi connectivity index (χ0) is 42.1. The van der Waals surface area contributed by atoms with Crippen LogP contribution in [0.2, 0.25) is 0 Å². The van der Waals surface area contributed by atoms with Gasteiger partial charge in [0.1, 0.15) is 6.61 Å². The van der Waals surface area contributed by atoms with E-state index >= 15 is 0 Å². The van der Waals surface area contributed by atoms with E-state index in [4.69, 9.17) is 14.2 Å². The molecule has 330 valence electrons. The molecule has 0 amide bonds.